The van der Waals surface area contributed by atoms with E-state index in [-0.39, 0.29) is 10.5 Å². The zero-order chi connectivity index (χ0) is 22.6. The summed E-state index contributed by atoms with van der Waals surface area (Å²) in [5, 5.41) is 11.2. The van der Waals surface area contributed by atoms with Crippen molar-refractivity contribution in [1.29, 1.82) is 0 Å². The van der Waals surface area contributed by atoms with Crippen LogP contribution in [-0.4, -0.2) is 58.2 Å². The quantitative estimate of drug-likeness (QED) is 0.394. The molecule has 1 aliphatic rings. The van der Waals surface area contributed by atoms with Crippen LogP contribution in [-0.2, 0) is 18.7 Å². The number of methoxy groups -OCH3 is 1. The first-order valence-electron chi connectivity index (χ1n) is 9.34. The SMILES string of the molecule is COc1cc(C(=O)OS(=O)(=O)Nc2ccccc2C)ccc1[CH2][In]1[N]=CC[CH]1[N+](=O)[O-]. The van der Waals surface area contributed by atoms with Gasteiger partial charge in [0, 0.05) is 0 Å². The zero-order valence-corrected chi connectivity index (χ0v) is 21.0. The van der Waals surface area contributed by atoms with Crippen molar-refractivity contribution < 1.29 is 27.1 Å². The number of aryl methyl sites for hydroxylation is 1. The number of carbonyl (C=O) groups is 1. The van der Waals surface area contributed by atoms with Crippen LogP contribution in [0.2, 0.25) is 0 Å². The van der Waals surface area contributed by atoms with Crippen LogP contribution in [0.5, 0.6) is 5.75 Å². The van der Waals surface area contributed by atoms with Gasteiger partial charge < -0.3 is 0 Å². The summed E-state index contributed by atoms with van der Waals surface area (Å²) in [6.45, 7) is 1.71. The van der Waals surface area contributed by atoms with Gasteiger partial charge in [0.25, 0.3) is 0 Å². The third-order valence-electron chi connectivity index (χ3n) is 4.88. The number of nitrogens with zero attached hydrogens (tertiary/aromatic N) is 2. The summed E-state index contributed by atoms with van der Waals surface area (Å²) in [5.74, 6) is -0.740. The fraction of sp³-hybridized carbons (Fsp3) is 0.263. The number of rotatable bonds is 8. The molecule has 1 aliphatic heterocycles. The molecular weight excluding hydrogens is 529 g/mol. The van der Waals surface area contributed by atoms with E-state index in [0.29, 0.717) is 33.2 Å². The minimum absolute atomic E-state index is 0.0216. The molecule has 162 valence electrons. The molecular formula is C19H20InN3O7S. The number of hydrogen-bond acceptors (Lipinski definition) is 8. The summed E-state index contributed by atoms with van der Waals surface area (Å²) in [4.78, 5) is 23.3. The first-order chi connectivity index (χ1) is 14.7. The van der Waals surface area contributed by atoms with Gasteiger partial charge in [-0.1, -0.05) is 6.07 Å². The summed E-state index contributed by atoms with van der Waals surface area (Å²) >= 11 is -2.86. The van der Waals surface area contributed by atoms with Crippen LogP contribution in [0.3, 0.4) is 0 Å². The Morgan fingerprint density at radius 1 is 1.32 bits per heavy atom. The first-order valence-corrected chi connectivity index (χ1v) is 16.5. The van der Waals surface area contributed by atoms with E-state index >= 15 is 0 Å². The van der Waals surface area contributed by atoms with Crippen LogP contribution >= 0.6 is 0 Å². The van der Waals surface area contributed by atoms with Crippen molar-refractivity contribution in [1.82, 2.24) is 0 Å². The summed E-state index contributed by atoms with van der Waals surface area (Å²) in [5.41, 5.74) is 1.65. The molecule has 1 atom stereocenters. The summed E-state index contributed by atoms with van der Waals surface area (Å²) in [6.07, 6.45) is 1.98. The van der Waals surface area contributed by atoms with Crippen molar-refractivity contribution >= 4 is 49.9 Å². The van der Waals surface area contributed by atoms with Gasteiger partial charge in [0.1, 0.15) is 0 Å². The number of nitro groups is 1. The molecule has 1 unspecified atom stereocenters. The molecule has 1 heterocycles. The van der Waals surface area contributed by atoms with Crippen molar-refractivity contribution in [2.75, 3.05) is 11.8 Å². The van der Waals surface area contributed by atoms with E-state index in [4.69, 9.17) is 4.74 Å². The number of hydrogen-bond donors (Lipinski definition) is 1. The molecule has 0 aliphatic carbocycles. The Kier molecular flexibility index (Phi) is 7.21. The van der Waals surface area contributed by atoms with E-state index < -0.39 is 41.8 Å². The van der Waals surface area contributed by atoms with Crippen molar-refractivity contribution in [3.8, 4) is 5.75 Å². The van der Waals surface area contributed by atoms with Crippen molar-refractivity contribution in [2.45, 2.75) is 21.3 Å². The third-order valence-corrected chi connectivity index (χ3v) is 13.9. The van der Waals surface area contributed by atoms with Crippen molar-refractivity contribution in [3.63, 3.8) is 0 Å². The maximum absolute atomic E-state index is 12.4. The predicted octanol–water partition coefficient (Wildman–Crippen LogP) is 2.25. The Hall–Kier alpha value is -2.60. The van der Waals surface area contributed by atoms with Gasteiger partial charge >= 0.3 is 182 Å². The molecule has 0 saturated heterocycles. The molecule has 0 fully saturated rings. The Labute approximate surface area is 187 Å². The molecule has 0 aromatic heterocycles. The molecule has 2 aromatic carbocycles. The normalized spacial score (nSPS) is 15.5. The van der Waals surface area contributed by atoms with E-state index in [1.54, 1.807) is 43.5 Å². The molecule has 0 bridgehead atoms. The Morgan fingerprint density at radius 3 is 2.74 bits per heavy atom. The number of carbonyl (C=O) groups excluding carboxylic acids is 1. The van der Waals surface area contributed by atoms with Gasteiger partial charge in [-0.2, -0.15) is 0 Å². The number of anilines is 1. The first kappa shape index (κ1) is 23.1. The monoisotopic (exact) mass is 549 g/mol. The van der Waals surface area contributed by atoms with Gasteiger partial charge in [0.2, 0.25) is 0 Å². The molecule has 0 radical (unpaired) electrons. The van der Waals surface area contributed by atoms with Crippen LogP contribution in [0, 0.1) is 17.0 Å². The van der Waals surface area contributed by atoms with Crippen LogP contribution in [0.1, 0.15) is 27.9 Å². The molecule has 0 spiro atoms. The van der Waals surface area contributed by atoms with E-state index in [1.165, 1.54) is 19.2 Å². The topological polar surface area (TPSA) is 137 Å². The fourth-order valence-corrected chi connectivity index (χ4v) is 11.1. The molecule has 31 heavy (non-hydrogen) atoms. The molecule has 12 heteroatoms. The van der Waals surface area contributed by atoms with Gasteiger partial charge in [-0.05, 0) is 0 Å². The number of para-hydroxylation sites is 1. The average molecular weight is 549 g/mol. The van der Waals surface area contributed by atoms with Crippen LogP contribution in [0.25, 0.3) is 0 Å². The van der Waals surface area contributed by atoms with Gasteiger partial charge in [-0.25, -0.2) is 0 Å². The number of nitrogens with one attached hydrogen (secondary N) is 1. The van der Waals surface area contributed by atoms with E-state index in [9.17, 15) is 23.3 Å². The van der Waals surface area contributed by atoms with Gasteiger partial charge in [0.15, 0.2) is 0 Å². The van der Waals surface area contributed by atoms with E-state index in [1.807, 2.05) is 0 Å². The van der Waals surface area contributed by atoms with Crippen LogP contribution < -0.4 is 9.46 Å². The van der Waals surface area contributed by atoms with Crippen molar-refractivity contribution in [3.05, 3.63) is 69.3 Å². The maximum atomic E-state index is 12.4. The summed E-state index contributed by atoms with van der Waals surface area (Å²) in [6, 6.07) is 11.0. The molecule has 3 rings (SSSR count). The Morgan fingerprint density at radius 2 is 2.06 bits per heavy atom. The predicted molar refractivity (Wildman–Crippen MR) is 115 cm³/mol. The van der Waals surface area contributed by atoms with E-state index in [2.05, 4.69) is 11.9 Å². The third kappa shape index (κ3) is 5.76. The van der Waals surface area contributed by atoms with Crippen LogP contribution in [0.15, 0.2) is 45.4 Å². The van der Waals surface area contributed by atoms with Crippen molar-refractivity contribution in [2.24, 2.45) is 2.98 Å². The van der Waals surface area contributed by atoms with E-state index in [0.717, 1.165) is 0 Å². The average Bonchev–Trinajstić information content (AvgIpc) is 3.18. The van der Waals surface area contributed by atoms with Gasteiger partial charge in [-0.3, -0.25) is 0 Å². The minimum atomic E-state index is -4.39. The second-order valence-corrected chi connectivity index (χ2v) is 15.7. The Bertz CT molecular complexity index is 1140. The summed E-state index contributed by atoms with van der Waals surface area (Å²) in [7, 11) is -2.99. The standard InChI is InChI=1S/C16H16NO5S.C3H4N2O2.In/c1-11-6-4-5-7-14(11)17-23(19,20)22-16(18)13-9-8-12(2)15(10-13)21-3;4-2-1-3-5(6)7;/h4-10,17H,2H2,1,3H3;2-3H,1H2;/q;-1;+1. The Balaban J connectivity index is 1.74. The molecule has 10 nitrogen and oxygen atoms in total. The van der Waals surface area contributed by atoms with Gasteiger partial charge in [0.05, 0.1) is 0 Å². The molecule has 1 N–H and O–H groups in total. The fourth-order valence-electron chi connectivity index (χ4n) is 3.23. The van der Waals surface area contributed by atoms with Crippen LogP contribution in [0.4, 0.5) is 5.69 Å². The molecule has 2 aromatic rings. The molecule has 0 saturated carbocycles. The second-order valence-electron chi connectivity index (χ2n) is 6.96. The second kappa shape index (κ2) is 9.69. The number of benzene rings is 2. The number of ether oxygens (including phenoxy) is 1. The zero-order valence-electron chi connectivity index (χ0n) is 16.8. The summed E-state index contributed by atoms with van der Waals surface area (Å²) < 4.78 is 40.9. The van der Waals surface area contributed by atoms with Gasteiger partial charge in [-0.15, -0.1) is 0 Å². The molecule has 0 amide bonds.